The molecule has 0 bridgehead atoms. The maximum atomic E-state index is 11.5. The lowest BCUT2D eigenvalue weighted by Crippen LogP contribution is -2.49. The summed E-state index contributed by atoms with van der Waals surface area (Å²) < 4.78 is 5.88. The number of aromatic nitrogens is 1. The second-order valence-corrected chi connectivity index (χ2v) is 7.07. The van der Waals surface area contributed by atoms with E-state index in [4.69, 9.17) is 9.72 Å². The highest BCUT2D eigenvalue weighted by Crippen LogP contribution is 2.30. The molecular weight excluding hydrogens is 356 g/mol. The molecule has 28 heavy (non-hydrogen) atoms. The number of aliphatic hydroxyl groups is 1. The van der Waals surface area contributed by atoms with Crippen molar-refractivity contribution in [1.29, 1.82) is 0 Å². The summed E-state index contributed by atoms with van der Waals surface area (Å²) in [6.07, 6.45) is 11.1. The van der Waals surface area contributed by atoms with Crippen LogP contribution in [0.3, 0.4) is 0 Å². The zero-order chi connectivity index (χ0) is 20.1. The van der Waals surface area contributed by atoms with Crippen LogP contribution in [0, 0.1) is 0 Å². The lowest BCUT2D eigenvalue weighted by Gasteiger charge is -2.39. The molecule has 2 heterocycles. The van der Waals surface area contributed by atoms with Crippen LogP contribution >= 0.6 is 0 Å². The number of aliphatic hydroxyl groups excluding tert-OH is 1. The first-order valence-electron chi connectivity index (χ1n) is 9.89. The van der Waals surface area contributed by atoms with Crippen molar-refractivity contribution in [3.05, 3.63) is 46.6 Å². The highest BCUT2D eigenvalue weighted by Gasteiger charge is 2.37. The van der Waals surface area contributed by atoms with Gasteiger partial charge in [-0.1, -0.05) is 31.2 Å². The third kappa shape index (κ3) is 4.51. The van der Waals surface area contributed by atoms with Gasteiger partial charge in [-0.25, -0.2) is 9.78 Å². The van der Waals surface area contributed by atoms with Crippen LogP contribution in [0.25, 0.3) is 12.2 Å². The summed E-state index contributed by atoms with van der Waals surface area (Å²) in [5.41, 5.74) is 0.915. The van der Waals surface area contributed by atoms with Crippen molar-refractivity contribution < 1.29 is 19.7 Å². The van der Waals surface area contributed by atoms with Gasteiger partial charge in [-0.15, -0.1) is 0 Å². The number of carboxylic acid groups (broad SMARTS) is 1. The Morgan fingerprint density at radius 2 is 2.18 bits per heavy atom. The second kappa shape index (κ2) is 9.17. The van der Waals surface area contributed by atoms with E-state index in [1.807, 2.05) is 36.1 Å². The van der Waals surface area contributed by atoms with Gasteiger partial charge in [0.1, 0.15) is 12.0 Å². The number of ether oxygens (including phenoxy) is 1. The molecule has 1 aromatic rings. The van der Waals surface area contributed by atoms with E-state index >= 15 is 0 Å². The van der Waals surface area contributed by atoms with Gasteiger partial charge in [-0.2, -0.15) is 0 Å². The molecule has 3 unspecified atom stereocenters. The first kappa shape index (κ1) is 20.3. The number of hydrogen-bond acceptors (Lipinski definition) is 5. The highest BCUT2D eigenvalue weighted by molar-refractivity contribution is 5.72. The van der Waals surface area contributed by atoms with Gasteiger partial charge < -0.3 is 14.9 Å². The largest absolute Gasteiger partial charge is 0.479 e. The van der Waals surface area contributed by atoms with Crippen LogP contribution in [-0.2, 0) is 9.53 Å². The number of hydrogen-bond donors (Lipinski definition) is 2. The zero-order valence-corrected chi connectivity index (χ0v) is 16.4. The van der Waals surface area contributed by atoms with Crippen LogP contribution in [0.4, 0.5) is 5.82 Å². The fourth-order valence-electron chi connectivity index (χ4n) is 3.64. The van der Waals surface area contributed by atoms with Crippen molar-refractivity contribution in [2.45, 2.75) is 64.4 Å². The highest BCUT2D eigenvalue weighted by atomic mass is 16.5. The third-order valence-corrected chi connectivity index (χ3v) is 5.00. The van der Waals surface area contributed by atoms with Crippen LogP contribution in [0.15, 0.2) is 36.1 Å². The summed E-state index contributed by atoms with van der Waals surface area (Å²) in [4.78, 5) is 18.2. The molecule has 0 saturated carbocycles. The molecular formula is C22H28N2O4. The van der Waals surface area contributed by atoms with E-state index in [1.54, 1.807) is 0 Å². The minimum atomic E-state index is -1.05. The summed E-state index contributed by atoms with van der Waals surface area (Å²) in [5.74, 6) is -0.368. The Morgan fingerprint density at radius 3 is 2.82 bits per heavy atom. The first-order valence-corrected chi connectivity index (χ1v) is 9.89. The minimum absolute atomic E-state index is 0.0978. The molecule has 2 aliphatic rings. The Morgan fingerprint density at radius 1 is 1.36 bits per heavy atom. The number of rotatable bonds is 5. The normalized spacial score (nSPS) is 26.2. The smallest absolute Gasteiger partial charge is 0.333 e. The lowest BCUT2D eigenvalue weighted by molar-refractivity contribution is -0.165. The van der Waals surface area contributed by atoms with E-state index in [9.17, 15) is 15.0 Å². The van der Waals surface area contributed by atoms with E-state index in [-0.39, 0.29) is 6.42 Å². The number of anilines is 1. The van der Waals surface area contributed by atoms with Crippen molar-refractivity contribution in [3.63, 3.8) is 0 Å². The van der Waals surface area contributed by atoms with Gasteiger partial charge in [0.15, 0.2) is 6.10 Å². The van der Waals surface area contributed by atoms with E-state index in [0.717, 1.165) is 35.5 Å². The fraction of sp³-hybridized carbons (Fsp3) is 0.455. The van der Waals surface area contributed by atoms with Gasteiger partial charge >= 0.3 is 5.97 Å². The Bertz CT molecular complexity index is 890. The standard InChI is InChI=1S/C22H28N2O4/c1-3-8-18-15(4-2)11-12-20(23-18)24(16-9-6-5-7-10-16)21-14-17(25)13-19(28-21)22(26)27/h4,6,8-12,17,19,21,25H,3,5,7,13-14H2,1-2H3,(H,26,27)/b15-4-,18-8+. The van der Waals surface area contributed by atoms with E-state index in [1.165, 1.54) is 0 Å². The van der Waals surface area contributed by atoms with Gasteiger partial charge in [0, 0.05) is 18.5 Å². The Labute approximate surface area is 165 Å². The van der Waals surface area contributed by atoms with Crippen molar-refractivity contribution in [3.8, 4) is 0 Å². The molecule has 1 aromatic heterocycles. The molecule has 0 spiro atoms. The van der Waals surface area contributed by atoms with Gasteiger partial charge in [-0.05, 0) is 49.6 Å². The zero-order valence-electron chi connectivity index (χ0n) is 16.4. The van der Waals surface area contributed by atoms with E-state index in [0.29, 0.717) is 12.2 Å². The maximum absolute atomic E-state index is 11.5. The van der Waals surface area contributed by atoms with Crippen molar-refractivity contribution in [2.75, 3.05) is 4.90 Å². The molecule has 3 rings (SSSR count). The molecule has 0 amide bonds. The average Bonchev–Trinajstić information content (AvgIpc) is 2.69. The van der Waals surface area contributed by atoms with Crippen LogP contribution in [-0.4, -0.2) is 39.6 Å². The van der Waals surface area contributed by atoms with Gasteiger partial charge in [0.25, 0.3) is 0 Å². The molecule has 150 valence electrons. The number of nitrogens with zero attached hydrogens (tertiary/aromatic N) is 2. The Kier molecular flexibility index (Phi) is 6.65. The molecule has 1 fully saturated rings. The number of carboxylic acids is 1. The summed E-state index contributed by atoms with van der Waals surface area (Å²) in [6, 6.07) is 3.93. The Balaban J connectivity index is 2.07. The molecule has 6 nitrogen and oxygen atoms in total. The number of carbonyl (C=O) groups is 1. The summed E-state index contributed by atoms with van der Waals surface area (Å²) >= 11 is 0. The summed E-state index contributed by atoms with van der Waals surface area (Å²) in [6.45, 7) is 4.04. The summed E-state index contributed by atoms with van der Waals surface area (Å²) in [5, 5.41) is 21.6. The predicted molar refractivity (Wildman–Crippen MR) is 109 cm³/mol. The van der Waals surface area contributed by atoms with Crippen LogP contribution in [0.2, 0.25) is 0 Å². The lowest BCUT2D eigenvalue weighted by atomic mass is 10.0. The molecule has 0 aromatic carbocycles. The topological polar surface area (TPSA) is 82.9 Å². The molecule has 1 aliphatic heterocycles. The predicted octanol–water partition coefficient (Wildman–Crippen LogP) is 2.06. The number of pyridine rings is 1. The van der Waals surface area contributed by atoms with Gasteiger partial charge in [0.05, 0.1) is 11.5 Å². The van der Waals surface area contributed by atoms with Crippen LogP contribution < -0.4 is 15.5 Å². The van der Waals surface area contributed by atoms with Crippen molar-refractivity contribution in [2.24, 2.45) is 0 Å². The minimum Gasteiger partial charge on any atom is -0.479 e. The van der Waals surface area contributed by atoms with E-state index < -0.39 is 24.4 Å². The number of allylic oxidation sites excluding steroid dienone is 3. The van der Waals surface area contributed by atoms with Gasteiger partial charge in [0.2, 0.25) is 0 Å². The van der Waals surface area contributed by atoms with Crippen molar-refractivity contribution in [1.82, 2.24) is 4.98 Å². The molecule has 2 N–H and O–H groups in total. The van der Waals surface area contributed by atoms with Gasteiger partial charge in [-0.3, -0.25) is 4.90 Å². The molecule has 3 atom stereocenters. The Hall–Kier alpha value is -2.44. The second-order valence-electron chi connectivity index (χ2n) is 7.07. The fourth-order valence-corrected chi connectivity index (χ4v) is 3.64. The molecule has 1 saturated heterocycles. The van der Waals surface area contributed by atoms with E-state index in [2.05, 4.69) is 25.2 Å². The molecule has 6 heteroatoms. The quantitative estimate of drug-likeness (QED) is 0.809. The first-order chi connectivity index (χ1) is 13.5. The van der Waals surface area contributed by atoms with Crippen LogP contribution in [0.1, 0.15) is 46.0 Å². The number of aliphatic carboxylic acids is 1. The van der Waals surface area contributed by atoms with Crippen LogP contribution in [0.5, 0.6) is 0 Å². The average molecular weight is 384 g/mol. The molecule has 0 radical (unpaired) electrons. The van der Waals surface area contributed by atoms with Crippen molar-refractivity contribution >= 4 is 23.9 Å². The third-order valence-electron chi connectivity index (χ3n) is 5.00. The monoisotopic (exact) mass is 384 g/mol. The SMILES string of the molecule is C/C=c1/ccc(N(C2=CCCC=C2)C2CC(O)CC(C(=O)O)O2)n/c1=C/CC. The maximum Gasteiger partial charge on any atom is 0.333 e. The summed E-state index contributed by atoms with van der Waals surface area (Å²) in [7, 11) is 0. The molecule has 1 aliphatic carbocycles.